The quantitative estimate of drug-likeness (QED) is 0.564. The molecule has 35 heavy (non-hydrogen) atoms. The van der Waals surface area contributed by atoms with E-state index < -0.39 is 0 Å². The fraction of sp³-hybridized carbons (Fsp3) is 0.600. The van der Waals surface area contributed by atoms with Gasteiger partial charge in [0.25, 0.3) is 0 Å². The number of ether oxygens (including phenoxy) is 3. The van der Waals surface area contributed by atoms with Crippen LogP contribution in [0.3, 0.4) is 0 Å². The molecule has 2 aromatic carbocycles. The molecule has 0 spiro atoms. The van der Waals surface area contributed by atoms with Crippen LogP contribution in [-0.4, -0.2) is 55.1 Å². The van der Waals surface area contributed by atoms with Gasteiger partial charge < -0.3 is 14.2 Å². The summed E-state index contributed by atoms with van der Waals surface area (Å²) in [5.41, 5.74) is 5.55. The van der Waals surface area contributed by atoms with Gasteiger partial charge in [0.1, 0.15) is 6.23 Å². The molecule has 4 heterocycles. The Bertz CT molecular complexity index is 1100. The first-order chi connectivity index (χ1) is 17.2. The fourth-order valence-electron chi connectivity index (χ4n) is 7.69. The summed E-state index contributed by atoms with van der Waals surface area (Å²) < 4.78 is 17.9. The Balaban J connectivity index is 1.18. The SMILES string of the molecule is C[C@@H]1OC(C2CCCCC2)N(C)[C@H]2C[C@H]3c4cc(-c5ccc6c(c5)OCO6)ccc4CCN3C[C@@H]12. The molecule has 5 nitrogen and oxygen atoms in total. The summed E-state index contributed by atoms with van der Waals surface area (Å²) >= 11 is 0. The topological polar surface area (TPSA) is 34.2 Å². The Hall–Kier alpha value is -2.08. The zero-order chi connectivity index (χ0) is 23.5. The first kappa shape index (κ1) is 22.1. The van der Waals surface area contributed by atoms with Gasteiger partial charge in [-0.3, -0.25) is 9.80 Å². The molecule has 5 aliphatic rings. The van der Waals surface area contributed by atoms with Gasteiger partial charge in [-0.25, -0.2) is 0 Å². The smallest absolute Gasteiger partial charge is 0.231 e. The molecule has 4 aliphatic heterocycles. The average Bonchev–Trinajstić information content (AvgIpc) is 3.38. The summed E-state index contributed by atoms with van der Waals surface area (Å²) in [7, 11) is 2.35. The second-order valence-corrected chi connectivity index (χ2v) is 11.5. The van der Waals surface area contributed by atoms with Crippen LogP contribution < -0.4 is 9.47 Å². The number of piperidine rings is 1. The minimum Gasteiger partial charge on any atom is -0.454 e. The van der Waals surface area contributed by atoms with E-state index in [2.05, 4.69) is 54.1 Å². The maximum absolute atomic E-state index is 6.75. The zero-order valence-corrected chi connectivity index (χ0v) is 21.1. The molecule has 5 atom stereocenters. The van der Waals surface area contributed by atoms with Crippen molar-refractivity contribution in [2.45, 2.75) is 76.3 Å². The molecule has 7 rings (SSSR count). The van der Waals surface area contributed by atoms with Crippen LogP contribution in [-0.2, 0) is 11.2 Å². The van der Waals surface area contributed by atoms with Gasteiger partial charge in [0.15, 0.2) is 11.5 Å². The average molecular weight is 475 g/mol. The van der Waals surface area contributed by atoms with Gasteiger partial charge in [-0.1, -0.05) is 37.5 Å². The molecule has 5 heteroatoms. The number of fused-ring (bicyclic) bond motifs is 5. The summed E-state index contributed by atoms with van der Waals surface area (Å²) in [5, 5.41) is 0. The molecule has 1 unspecified atom stereocenters. The van der Waals surface area contributed by atoms with Crippen molar-refractivity contribution in [1.29, 1.82) is 0 Å². The zero-order valence-electron chi connectivity index (χ0n) is 21.1. The van der Waals surface area contributed by atoms with Crippen LogP contribution in [0.2, 0.25) is 0 Å². The predicted octanol–water partition coefficient (Wildman–Crippen LogP) is 5.63. The van der Waals surface area contributed by atoms with Crippen molar-refractivity contribution in [1.82, 2.24) is 9.80 Å². The van der Waals surface area contributed by atoms with Crippen molar-refractivity contribution >= 4 is 0 Å². The molecule has 0 bridgehead atoms. The summed E-state index contributed by atoms with van der Waals surface area (Å²) in [4.78, 5) is 5.40. The van der Waals surface area contributed by atoms with E-state index in [1.807, 2.05) is 6.07 Å². The maximum atomic E-state index is 6.75. The maximum Gasteiger partial charge on any atom is 0.231 e. The summed E-state index contributed by atoms with van der Waals surface area (Å²) in [5.74, 6) is 3.00. The van der Waals surface area contributed by atoms with E-state index in [9.17, 15) is 0 Å². The first-order valence-corrected chi connectivity index (χ1v) is 13.8. The minimum absolute atomic E-state index is 0.293. The number of hydrogen-bond donors (Lipinski definition) is 0. The molecule has 186 valence electrons. The van der Waals surface area contributed by atoms with Crippen LogP contribution in [0.5, 0.6) is 11.5 Å². The van der Waals surface area contributed by atoms with Crippen LogP contribution in [0.15, 0.2) is 36.4 Å². The highest BCUT2D eigenvalue weighted by Gasteiger charge is 2.49. The molecular weight excluding hydrogens is 436 g/mol. The molecule has 0 radical (unpaired) electrons. The van der Waals surface area contributed by atoms with Gasteiger partial charge in [0.05, 0.1) is 6.10 Å². The van der Waals surface area contributed by atoms with E-state index in [1.165, 1.54) is 60.8 Å². The second kappa shape index (κ2) is 8.79. The number of hydrogen-bond acceptors (Lipinski definition) is 5. The third kappa shape index (κ3) is 3.78. The highest BCUT2D eigenvalue weighted by molar-refractivity contribution is 5.69. The molecular formula is C30H38N2O3. The van der Waals surface area contributed by atoms with Gasteiger partial charge in [0.2, 0.25) is 6.79 Å². The predicted molar refractivity (Wildman–Crippen MR) is 137 cm³/mol. The molecule has 1 aliphatic carbocycles. The van der Waals surface area contributed by atoms with Crippen molar-refractivity contribution in [2.24, 2.45) is 11.8 Å². The normalized spacial score (nSPS) is 33.1. The minimum atomic E-state index is 0.293. The van der Waals surface area contributed by atoms with E-state index in [1.54, 1.807) is 0 Å². The van der Waals surface area contributed by atoms with Gasteiger partial charge in [-0.2, -0.15) is 0 Å². The van der Waals surface area contributed by atoms with E-state index in [0.717, 1.165) is 31.0 Å². The van der Waals surface area contributed by atoms with Gasteiger partial charge >= 0.3 is 0 Å². The largest absolute Gasteiger partial charge is 0.454 e. The highest BCUT2D eigenvalue weighted by atomic mass is 16.7. The number of nitrogens with zero attached hydrogens (tertiary/aromatic N) is 2. The van der Waals surface area contributed by atoms with Gasteiger partial charge in [-0.15, -0.1) is 0 Å². The van der Waals surface area contributed by atoms with Gasteiger partial charge in [0, 0.05) is 31.1 Å². The lowest BCUT2D eigenvalue weighted by molar-refractivity contribution is -0.220. The van der Waals surface area contributed by atoms with Crippen LogP contribution in [0.1, 0.15) is 62.6 Å². The molecule has 0 aromatic heterocycles. The lowest BCUT2D eigenvalue weighted by Gasteiger charge is -2.56. The van der Waals surface area contributed by atoms with Crippen molar-refractivity contribution in [3.8, 4) is 22.6 Å². The third-order valence-electron chi connectivity index (χ3n) is 9.66. The Morgan fingerprint density at radius 1 is 0.914 bits per heavy atom. The summed E-state index contributed by atoms with van der Waals surface area (Å²) in [6, 6.07) is 14.5. The Morgan fingerprint density at radius 2 is 1.71 bits per heavy atom. The fourth-order valence-corrected chi connectivity index (χ4v) is 7.69. The van der Waals surface area contributed by atoms with Crippen LogP contribution >= 0.6 is 0 Å². The summed E-state index contributed by atoms with van der Waals surface area (Å²) in [6.07, 6.45) is 9.77. The van der Waals surface area contributed by atoms with E-state index in [-0.39, 0.29) is 0 Å². The molecule has 0 N–H and O–H groups in total. The highest BCUT2D eigenvalue weighted by Crippen LogP contribution is 2.46. The summed E-state index contributed by atoms with van der Waals surface area (Å²) in [6.45, 7) is 4.97. The third-order valence-corrected chi connectivity index (χ3v) is 9.66. The second-order valence-electron chi connectivity index (χ2n) is 11.5. The van der Waals surface area contributed by atoms with Crippen molar-refractivity contribution in [3.63, 3.8) is 0 Å². The molecule has 3 fully saturated rings. The van der Waals surface area contributed by atoms with E-state index in [0.29, 0.717) is 43.0 Å². The monoisotopic (exact) mass is 474 g/mol. The lowest BCUT2D eigenvalue weighted by Crippen LogP contribution is -2.63. The van der Waals surface area contributed by atoms with Crippen LogP contribution in [0.4, 0.5) is 0 Å². The van der Waals surface area contributed by atoms with E-state index in [4.69, 9.17) is 14.2 Å². The van der Waals surface area contributed by atoms with E-state index >= 15 is 0 Å². The van der Waals surface area contributed by atoms with Gasteiger partial charge in [-0.05, 0) is 86.0 Å². The lowest BCUT2D eigenvalue weighted by atomic mass is 9.76. The first-order valence-electron chi connectivity index (χ1n) is 13.8. The standard InChI is InChI=1S/C30H38N2O3/c1-19-25-17-32-13-12-20-8-9-22(23-10-11-28-29(15-23)34-18-33-28)14-24(20)27(32)16-26(25)31(2)30(35-19)21-6-4-3-5-7-21/h8-11,14-15,19,21,25-27,30H,3-7,12-13,16-18H2,1-2H3/t19-,25-,26-,27-,30?/m0/s1. The number of rotatable bonds is 2. The Labute approximate surface area is 209 Å². The number of benzene rings is 2. The molecule has 0 amide bonds. The van der Waals surface area contributed by atoms with Crippen LogP contribution in [0, 0.1) is 11.8 Å². The Morgan fingerprint density at radius 3 is 2.60 bits per heavy atom. The van der Waals surface area contributed by atoms with Crippen LogP contribution in [0.25, 0.3) is 11.1 Å². The van der Waals surface area contributed by atoms with Crippen molar-refractivity contribution in [3.05, 3.63) is 47.5 Å². The van der Waals surface area contributed by atoms with Crippen molar-refractivity contribution < 1.29 is 14.2 Å². The molecule has 2 saturated heterocycles. The molecule has 1 saturated carbocycles. The Kier molecular flexibility index (Phi) is 5.56. The molecule has 2 aromatic rings. The van der Waals surface area contributed by atoms with Crippen molar-refractivity contribution in [2.75, 3.05) is 26.9 Å².